The first-order chi connectivity index (χ1) is 12.1. The third kappa shape index (κ3) is 5.06. The smallest absolute Gasteiger partial charge is 0.338 e. The second kappa shape index (κ2) is 9.22. The van der Waals surface area contributed by atoms with E-state index in [1.807, 2.05) is 18.4 Å². The van der Waals surface area contributed by atoms with E-state index in [0.717, 1.165) is 23.9 Å². The molecule has 2 aromatic rings. The van der Waals surface area contributed by atoms with E-state index in [1.165, 1.54) is 11.8 Å². The Morgan fingerprint density at radius 2 is 1.88 bits per heavy atom. The van der Waals surface area contributed by atoms with Gasteiger partial charge in [0.15, 0.2) is 5.16 Å². The van der Waals surface area contributed by atoms with Crippen molar-refractivity contribution in [2.45, 2.75) is 38.9 Å². The number of carbonyl (C=O) groups excluding carboxylic acids is 2. The van der Waals surface area contributed by atoms with Crippen LogP contribution in [-0.2, 0) is 22.5 Å². The van der Waals surface area contributed by atoms with Crippen molar-refractivity contribution in [2.75, 3.05) is 17.7 Å². The van der Waals surface area contributed by atoms with Gasteiger partial charge in [-0.15, -0.1) is 10.2 Å². The van der Waals surface area contributed by atoms with Crippen molar-refractivity contribution < 1.29 is 14.3 Å². The van der Waals surface area contributed by atoms with Crippen molar-refractivity contribution in [3.8, 4) is 0 Å². The maximum absolute atomic E-state index is 12.1. The molecule has 0 bridgehead atoms. The Morgan fingerprint density at radius 1 is 1.16 bits per heavy atom. The molecule has 0 unspecified atom stereocenters. The lowest BCUT2D eigenvalue weighted by molar-refractivity contribution is -0.113. The topological polar surface area (TPSA) is 86.1 Å². The number of hydrogen-bond donors (Lipinski definition) is 1. The van der Waals surface area contributed by atoms with E-state index >= 15 is 0 Å². The predicted octanol–water partition coefficient (Wildman–Crippen LogP) is 2.77. The molecular formula is C17H22N4O3S. The van der Waals surface area contributed by atoms with Gasteiger partial charge in [-0.05, 0) is 38.1 Å². The van der Waals surface area contributed by atoms with Crippen molar-refractivity contribution >= 4 is 29.3 Å². The van der Waals surface area contributed by atoms with Crippen LogP contribution in [0, 0.1) is 0 Å². The molecule has 1 heterocycles. The molecule has 0 radical (unpaired) electrons. The fourth-order valence-electron chi connectivity index (χ4n) is 2.24. The molecule has 7 nitrogen and oxygen atoms in total. The molecule has 8 heteroatoms. The molecule has 0 saturated heterocycles. The van der Waals surface area contributed by atoms with E-state index in [2.05, 4.69) is 15.5 Å². The maximum atomic E-state index is 12.1. The number of anilines is 1. The number of benzene rings is 1. The number of nitrogens with one attached hydrogen (secondary N) is 1. The molecule has 0 saturated carbocycles. The number of aromatic nitrogens is 3. The number of aryl methyl sites for hydroxylation is 1. The van der Waals surface area contributed by atoms with E-state index in [1.54, 1.807) is 31.2 Å². The Bertz CT molecular complexity index is 728. The van der Waals surface area contributed by atoms with E-state index < -0.39 is 0 Å². The van der Waals surface area contributed by atoms with Crippen molar-refractivity contribution in [3.05, 3.63) is 35.7 Å². The van der Waals surface area contributed by atoms with Crippen LogP contribution in [0.25, 0.3) is 0 Å². The third-order valence-electron chi connectivity index (χ3n) is 3.44. The summed E-state index contributed by atoms with van der Waals surface area (Å²) in [5.41, 5.74) is 1.09. The molecule has 1 aromatic carbocycles. The number of nitrogens with zero attached hydrogens (tertiary/aromatic N) is 3. The lowest BCUT2D eigenvalue weighted by Gasteiger charge is -2.07. The molecule has 0 aliphatic heterocycles. The minimum absolute atomic E-state index is 0.141. The zero-order valence-electron chi connectivity index (χ0n) is 14.6. The molecule has 0 aliphatic carbocycles. The van der Waals surface area contributed by atoms with Crippen LogP contribution < -0.4 is 5.32 Å². The number of thioether (sulfide) groups is 1. The van der Waals surface area contributed by atoms with Gasteiger partial charge in [-0.3, -0.25) is 4.79 Å². The highest BCUT2D eigenvalue weighted by atomic mass is 32.2. The van der Waals surface area contributed by atoms with Gasteiger partial charge in [0, 0.05) is 18.7 Å². The summed E-state index contributed by atoms with van der Waals surface area (Å²) in [4.78, 5) is 23.7. The van der Waals surface area contributed by atoms with Gasteiger partial charge in [0.1, 0.15) is 5.82 Å². The largest absolute Gasteiger partial charge is 0.462 e. The summed E-state index contributed by atoms with van der Waals surface area (Å²) in [6.45, 7) is 6.91. The molecular weight excluding hydrogens is 340 g/mol. The Balaban J connectivity index is 1.90. The highest BCUT2D eigenvalue weighted by molar-refractivity contribution is 7.99. The standard InChI is InChI=1S/C17H22N4O3S/c1-4-14-19-20-17(21(14)5-2)25-11-15(22)18-13-9-7-12(8-10-13)16(23)24-6-3/h7-10H,4-6,11H2,1-3H3,(H,18,22). The number of ether oxygens (including phenoxy) is 1. The first kappa shape index (κ1) is 19.0. The summed E-state index contributed by atoms with van der Waals surface area (Å²) in [5.74, 6) is 0.640. The van der Waals surface area contributed by atoms with Crippen LogP contribution in [0.5, 0.6) is 0 Å². The van der Waals surface area contributed by atoms with Gasteiger partial charge in [0.05, 0.1) is 17.9 Å². The van der Waals surface area contributed by atoms with Gasteiger partial charge < -0.3 is 14.6 Å². The maximum Gasteiger partial charge on any atom is 0.338 e. The molecule has 134 valence electrons. The lowest BCUT2D eigenvalue weighted by Crippen LogP contribution is -2.15. The highest BCUT2D eigenvalue weighted by Gasteiger charge is 2.12. The van der Waals surface area contributed by atoms with Crippen molar-refractivity contribution in [2.24, 2.45) is 0 Å². The van der Waals surface area contributed by atoms with Crippen molar-refractivity contribution in [1.29, 1.82) is 0 Å². The van der Waals surface area contributed by atoms with Crippen LogP contribution in [0.15, 0.2) is 29.4 Å². The van der Waals surface area contributed by atoms with Gasteiger partial charge in [-0.2, -0.15) is 0 Å². The number of hydrogen-bond acceptors (Lipinski definition) is 6. The average Bonchev–Trinajstić information content (AvgIpc) is 3.02. The molecule has 1 N–H and O–H groups in total. The number of rotatable bonds is 8. The minimum Gasteiger partial charge on any atom is -0.462 e. The SMILES string of the molecule is CCOC(=O)c1ccc(NC(=O)CSc2nnc(CC)n2CC)cc1. The fraction of sp³-hybridized carbons (Fsp3) is 0.412. The van der Waals surface area contributed by atoms with E-state index in [9.17, 15) is 9.59 Å². The van der Waals surface area contributed by atoms with Crippen LogP contribution in [0.4, 0.5) is 5.69 Å². The molecule has 0 spiro atoms. The summed E-state index contributed by atoms with van der Waals surface area (Å²) >= 11 is 1.35. The quantitative estimate of drug-likeness (QED) is 0.574. The monoisotopic (exact) mass is 362 g/mol. The zero-order valence-corrected chi connectivity index (χ0v) is 15.4. The third-order valence-corrected chi connectivity index (χ3v) is 4.40. The summed E-state index contributed by atoms with van der Waals surface area (Å²) in [5, 5.41) is 11.8. The van der Waals surface area contributed by atoms with Crippen molar-refractivity contribution in [1.82, 2.24) is 14.8 Å². The summed E-state index contributed by atoms with van der Waals surface area (Å²) < 4.78 is 6.93. The van der Waals surface area contributed by atoms with Gasteiger partial charge in [-0.1, -0.05) is 18.7 Å². The normalized spacial score (nSPS) is 10.5. The molecule has 1 aromatic heterocycles. The van der Waals surface area contributed by atoms with Crippen LogP contribution in [0.2, 0.25) is 0 Å². The summed E-state index contributed by atoms with van der Waals surface area (Å²) in [6.07, 6.45) is 0.806. The molecule has 1 amide bonds. The molecule has 0 fully saturated rings. The number of amides is 1. The Hall–Kier alpha value is -2.35. The first-order valence-electron chi connectivity index (χ1n) is 8.20. The Morgan fingerprint density at radius 3 is 2.48 bits per heavy atom. The summed E-state index contributed by atoms with van der Waals surface area (Å²) in [6, 6.07) is 6.61. The number of esters is 1. The second-order valence-electron chi connectivity index (χ2n) is 5.13. The van der Waals surface area contributed by atoms with Crippen LogP contribution in [0.3, 0.4) is 0 Å². The molecule has 0 atom stereocenters. The van der Waals surface area contributed by atoms with Gasteiger partial charge in [-0.25, -0.2) is 4.79 Å². The highest BCUT2D eigenvalue weighted by Crippen LogP contribution is 2.18. The van der Waals surface area contributed by atoms with E-state index in [4.69, 9.17) is 4.74 Å². The van der Waals surface area contributed by atoms with E-state index in [-0.39, 0.29) is 17.6 Å². The van der Waals surface area contributed by atoms with Gasteiger partial charge in [0.2, 0.25) is 5.91 Å². The number of carbonyl (C=O) groups is 2. The fourth-order valence-corrected chi connectivity index (χ4v) is 3.06. The zero-order chi connectivity index (χ0) is 18.2. The molecule has 2 rings (SSSR count). The van der Waals surface area contributed by atoms with Gasteiger partial charge in [0.25, 0.3) is 0 Å². The Kier molecular flexibility index (Phi) is 7.00. The van der Waals surface area contributed by atoms with Crippen LogP contribution in [0.1, 0.15) is 37.0 Å². The predicted molar refractivity (Wildman–Crippen MR) is 96.8 cm³/mol. The average molecular weight is 362 g/mol. The van der Waals surface area contributed by atoms with Crippen molar-refractivity contribution in [3.63, 3.8) is 0 Å². The molecule has 0 aliphatic rings. The van der Waals surface area contributed by atoms with Crippen LogP contribution in [-0.4, -0.2) is 39.0 Å². The second-order valence-corrected chi connectivity index (χ2v) is 6.07. The molecule has 25 heavy (non-hydrogen) atoms. The summed E-state index contributed by atoms with van der Waals surface area (Å²) in [7, 11) is 0. The minimum atomic E-state index is -0.374. The first-order valence-corrected chi connectivity index (χ1v) is 9.19. The Labute approximate surface area is 151 Å². The van der Waals surface area contributed by atoms with Crippen LogP contribution >= 0.6 is 11.8 Å². The van der Waals surface area contributed by atoms with E-state index in [0.29, 0.717) is 17.9 Å². The van der Waals surface area contributed by atoms with Gasteiger partial charge >= 0.3 is 5.97 Å². The lowest BCUT2D eigenvalue weighted by atomic mass is 10.2.